The molecule has 0 spiro atoms. The van der Waals surface area contributed by atoms with E-state index < -0.39 is 12.1 Å². The number of nitrogens with zero attached hydrogens (tertiary/aromatic N) is 1. The van der Waals surface area contributed by atoms with Gasteiger partial charge in [-0.2, -0.15) is 0 Å². The molecule has 0 aliphatic rings. The first-order chi connectivity index (χ1) is 16.9. The van der Waals surface area contributed by atoms with E-state index in [9.17, 15) is 14.7 Å². The van der Waals surface area contributed by atoms with E-state index >= 15 is 0 Å². The Morgan fingerprint density at radius 1 is 1.00 bits per heavy atom. The second-order valence-electron chi connectivity index (χ2n) is 7.80. The van der Waals surface area contributed by atoms with Crippen LogP contribution >= 0.6 is 11.6 Å². The van der Waals surface area contributed by atoms with Crippen LogP contribution in [-0.4, -0.2) is 28.8 Å². The summed E-state index contributed by atoms with van der Waals surface area (Å²) in [5.41, 5.74) is 4.21. The average molecular weight is 491 g/mol. The fraction of sp³-hybridized carbons (Fsp3) is 0.111. The zero-order valence-corrected chi connectivity index (χ0v) is 19.9. The molecule has 8 heteroatoms. The molecule has 7 nitrogen and oxygen atoms in total. The van der Waals surface area contributed by atoms with Crippen LogP contribution in [0.1, 0.15) is 21.6 Å². The van der Waals surface area contributed by atoms with E-state index in [-0.39, 0.29) is 11.3 Å². The molecule has 1 aromatic heterocycles. The first-order valence-corrected chi connectivity index (χ1v) is 11.1. The van der Waals surface area contributed by atoms with E-state index in [0.717, 1.165) is 22.5 Å². The minimum Gasteiger partial charge on any atom is -0.488 e. The Hall–Kier alpha value is -4.23. The fourth-order valence-electron chi connectivity index (χ4n) is 3.76. The lowest BCUT2D eigenvalue weighted by atomic mass is 10.1. The van der Waals surface area contributed by atoms with Crippen molar-refractivity contribution < 1.29 is 24.2 Å². The predicted molar refractivity (Wildman–Crippen MR) is 135 cm³/mol. The van der Waals surface area contributed by atoms with Crippen molar-refractivity contribution in [1.29, 1.82) is 0 Å². The number of carbonyl (C=O) groups excluding carboxylic acids is 1. The molecule has 0 bridgehead atoms. The van der Waals surface area contributed by atoms with Gasteiger partial charge >= 0.3 is 12.1 Å². The third-order valence-corrected chi connectivity index (χ3v) is 5.62. The molecule has 0 radical (unpaired) electrons. The van der Waals surface area contributed by atoms with Gasteiger partial charge in [-0.25, -0.2) is 9.59 Å². The Morgan fingerprint density at radius 2 is 1.77 bits per heavy atom. The van der Waals surface area contributed by atoms with Crippen LogP contribution in [0.4, 0.5) is 10.5 Å². The zero-order valence-electron chi connectivity index (χ0n) is 19.1. The Balaban J connectivity index is 1.80. The summed E-state index contributed by atoms with van der Waals surface area (Å²) in [5.74, 6) is -0.499. The maximum atomic E-state index is 11.8. The molecular formula is C27H23ClN2O5. The van der Waals surface area contributed by atoms with Crippen molar-refractivity contribution in [2.24, 2.45) is 0 Å². The van der Waals surface area contributed by atoms with Crippen LogP contribution in [0.2, 0.25) is 5.02 Å². The van der Waals surface area contributed by atoms with E-state index in [1.54, 1.807) is 12.1 Å². The number of methoxy groups -OCH3 is 1. The van der Waals surface area contributed by atoms with Crippen molar-refractivity contribution in [3.8, 4) is 22.7 Å². The number of rotatable bonds is 7. The number of nitrogens with one attached hydrogen (secondary N) is 1. The molecular weight excluding hydrogens is 468 g/mol. The quantitative estimate of drug-likeness (QED) is 0.306. The number of carboxylic acids is 1. The summed E-state index contributed by atoms with van der Waals surface area (Å²) in [6.45, 7) is 2.27. The maximum absolute atomic E-state index is 11.8. The molecule has 0 saturated heterocycles. The summed E-state index contributed by atoms with van der Waals surface area (Å²) in [6.07, 6.45) is -0.700. The smallest absolute Gasteiger partial charge is 0.411 e. The second-order valence-corrected chi connectivity index (χ2v) is 8.24. The van der Waals surface area contributed by atoms with Gasteiger partial charge in [0.1, 0.15) is 12.4 Å². The third-order valence-electron chi connectivity index (χ3n) is 5.39. The molecule has 35 heavy (non-hydrogen) atoms. The maximum Gasteiger partial charge on any atom is 0.411 e. The molecule has 2 N–H and O–H groups in total. The number of benzene rings is 3. The molecule has 1 heterocycles. The number of ether oxygens (including phenoxy) is 2. The first-order valence-electron chi connectivity index (χ1n) is 10.7. The lowest BCUT2D eigenvalue weighted by molar-refractivity contribution is 0.0696. The largest absolute Gasteiger partial charge is 0.488 e. The average Bonchev–Trinajstić information content (AvgIpc) is 3.24. The van der Waals surface area contributed by atoms with Gasteiger partial charge in [-0.15, -0.1) is 0 Å². The molecule has 0 aliphatic heterocycles. The fourth-order valence-corrected chi connectivity index (χ4v) is 3.93. The summed E-state index contributed by atoms with van der Waals surface area (Å²) in [5, 5.41) is 12.7. The number of hydrogen-bond acceptors (Lipinski definition) is 4. The highest BCUT2D eigenvalue weighted by Crippen LogP contribution is 2.36. The van der Waals surface area contributed by atoms with Gasteiger partial charge in [-0.1, -0.05) is 41.9 Å². The Kier molecular flexibility index (Phi) is 7.08. The summed E-state index contributed by atoms with van der Waals surface area (Å²) in [6, 6.07) is 23.6. The van der Waals surface area contributed by atoms with Crippen LogP contribution in [-0.2, 0) is 11.3 Å². The number of amides is 1. The topological polar surface area (TPSA) is 89.8 Å². The van der Waals surface area contributed by atoms with Crippen molar-refractivity contribution in [2.75, 3.05) is 12.4 Å². The standard InChI is InChI=1S/C27H23ClN2O5/c1-17-8-10-24(23-14-20(28)9-11-25(23)35-16-18-6-4-3-5-7-18)30(17)22-13-19(26(31)32)12-21(15-22)29-27(33)34-2/h3-15H,16H2,1-2H3,(H,29,33)(H,31,32). The number of halogens is 1. The molecule has 0 atom stereocenters. The highest BCUT2D eigenvalue weighted by atomic mass is 35.5. The van der Waals surface area contributed by atoms with Crippen molar-refractivity contribution in [3.63, 3.8) is 0 Å². The van der Waals surface area contributed by atoms with E-state index in [1.807, 2.05) is 66.1 Å². The number of aromatic nitrogens is 1. The summed E-state index contributed by atoms with van der Waals surface area (Å²) < 4.78 is 12.7. The molecule has 4 rings (SSSR count). The minimum absolute atomic E-state index is 0.0135. The Labute approximate surface area is 207 Å². The second kappa shape index (κ2) is 10.4. The van der Waals surface area contributed by atoms with E-state index in [4.69, 9.17) is 16.3 Å². The number of anilines is 1. The summed E-state index contributed by atoms with van der Waals surface area (Å²) in [7, 11) is 1.24. The van der Waals surface area contributed by atoms with Gasteiger partial charge < -0.3 is 19.1 Å². The molecule has 4 aromatic rings. The van der Waals surface area contributed by atoms with Crippen LogP contribution in [0, 0.1) is 6.92 Å². The normalized spacial score (nSPS) is 10.6. The molecule has 0 unspecified atom stereocenters. The Bertz CT molecular complexity index is 1380. The molecule has 1 amide bonds. The molecule has 0 aliphatic carbocycles. The van der Waals surface area contributed by atoms with Crippen LogP contribution in [0.15, 0.2) is 78.9 Å². The third kappa shape index (κ3) is 5.47. The van der Waals surface area contributed by atoms with Crippen molar-refractivity contribution >= 4 is 29.4 Å². The lowest BCUT2D eigenvalue weighted by Gasteiger charge is -2.17. The van der Waals surface area contributed by atoms with Gasteiger partial charge in [0.15, 0.2) is 0 Å². The van der Waals surface area contributed by atoms with Gasteiger partial charge in [0, 0.05) is 27.7 Å². The van der Waals surface area contributed by atoms with Gasteiger partial charge in [0.2, 0.25) is 0 Å². The van der Waals surface area contributed by atoms with Gasteiger partial charge in [0.05, 0.1) is 18.4 Å². The number of aryl methyl sites for hydroxylation is 1. The SMILES string of the molecule is COC(=O)Nc1cc(C(=O)O)cc(-n2c(C)ccc2-c2cc(Cl)ccc2OCc2ccccc2)c1. The van der Waals surface area contributed by atoms with Crippen LogP contribution in [0.5, 0.6) is 5.75 Å². The van der Waals surface area contributed by atoms with Gasteiger partial charge in [-0.3, -0.25) is 5.32 Å². The predicted octanol–water partition coefficient (Wildman–Crippen LogP) is 6.56. The lowest BCUT2D eigenvalue weighted by Crippen LogP contribution is -2.12. The van der Waals surface area contributed by atoms with E-state index in [0.29, 0.717) is 23.1 Å². The van der Waals surface area contributed by atoms with Gasteiger partial charge in [-0.05, 0) is 61.0 Å². The number of hydrogen-bond donors (Lipinski definition) is 2. The highest BCUT2D eigenvalue weighted by Gasteiger charge is 2.18. The van der Waals surface area contributed by atoms with E-state index in [1.165, 1.54) is 19.2 Å². The molecule has 0 fully saturated rings. The summed E-state index contributed by atoms with van der Waals surface area (Å²) >= 11 is 6.35. The highest BCUT2D eigenvalue weighted by molar-refractivity contribution is 6.31. The summed E-state index contributed by atoms with van der Waals surface area (Å²) in [4.78, 5) is 23.6. The monoisotopic (exact) mass is 490 g/mol. The first kappa shape index (κ1) is 23.9. The molecule has 3 aromatic carbocycles. The van der Waals surface area contributed by atoms with Crippen molar-refractivity contribution in [2.45, 2.75) is 13.5 Å². The molecule has 0 saturated carbocycles. The number of carboxylic acid groups (broad SMARTS) is 1. The number of aromatic carboxylic acids is 1. The molecule has 178 valence electrons. The van der Waals surface area contributed by atoms with Crippen molar-refractivity contribution in [3.05, 3.63) is 101 Å². The van der Waals surface area contributed by atoms with Crippen molar-refractivity contribution in [1.82, 2.24) is 4.57 Å². The number of carbonyl (C=O) groups is 2. The zero-order chi connectivity index (χ0) is 24.9. The van der Waals surface area contributed by atoms with Crippen LogP contribution in [0.25, 0.3) is 16.9 Å². The minimum atomic E-state index is -1.12. The van der Waals surface area contributed by atoms with E-state index in [2.05, 4.69) is 10.1 Å². The van der Waals surface area contributed by atoms with Crippen LogP contribution < -0.4 is 10.1 Å². The van der Waals surface area contributed by atoms with Gasteiger partial charge in [0.25, 0.3) is 0 Å². The van der Waals surface area contributed by atoms with Crippen LogP contribution in [0.3, 0.4) is 0 Å². The Morgan fingerprint density at radius 3 is 2.49 bits per heavy atom.